The molecule has 2 aromatic carbocycles. The van der Waals surface area contributed by atoms with Crippen molar-refractivity contribution in [3.8, 4) is 17.2 Å². The van der Waals surface area contributed by atoms with E-state index >= 15 is 0 Å². The van der Waals surface area contributed by atoms with Crippen LogP contribution in [0.1, 0.15) is 29.3 Å². The first-order valence-corrected chi connectivity index (χ1v) is 8.66. The summed E-state index contributed by atoms with van der Waals surface area (Å²) in [5.74, 6) is 1.48. The fourth-order valence-electron chi connectivity index (χ4n) is 2.21. The molecule has 0 radical (unpaired) electrons. The number of rotatable bonds is 10. The number of carbonyl (C=O) groups is 1. The summed E-state index contributed by atoms with van der Waals surface area (Å²) < 4.78 is 16.3. The van der Waals surface area contributed by atoms with E-state index in [1.54, 1.807) is 30.5 Å². The lowest BCUT2D eigenvalue weighted by Crippen LogP contribution is -2.17. The third-order valence-electron chi connectivity index (χ3n) is 3.49. The molecule has 0 saturated carbocycles. The highest BCUT2D eigenvalue weighted by Crippen LogP contribution is 2.28. The number of hydrogen-bond donors (Lipinski definition) is 1. The maximum Gasteiger partial charge on any atom is 0.271 e. The Balaban J connectivity index is 2.00. The average Bonchev–Trinajstić information content (AvgIpc) is 2.70. The number of benzene rings is 2. The number of nitrogens with zero attached hydrogens (tertiary/aromatic N) is 1. The van der Waals surface area contributed by atoms with Crippen LogP contribution in [0.5, 0.6) is 17.2 Å². The second kappa shape index (κ2) is 10.7. The number of methoxy groups -OCH3 is 1. The van der Waals surface area contributed by atoms with Crippen LogP contribution in [0.4, 0.5) is 0 Å². The summed E-state index contributed by atoms with van der Waals surface area (Å²) >= 11 is 0. The molecule has 2 aromatic rings. The summed E-state index contributed by atoms with van der Waals surface area (Å²) in [5, 5.41) is 3.99. The van der Waals surface area contributed by atoms with Gasteiger partial charge in [0, 0.05) is 5.56 Å². The molecule has 1 N–H and O–H groups in total. The fourth-order valence-corrected chi connectivity index (χ4v) is 2.21. The van der Waals surface area contributed by atoms with E-state index in [1.807, 2.05) is 31.2 Å². The molecular formula is C21H24N2O4. The highest BCUT2D eigenvalue weighted by atomic mass is 16.5. The Morgan fingerprint density at radius 1 is 1.19 bits per heavy atom. The predicted octanol–water partition coefficient (Wildman–Crippen LogP) is 3.81. The van der Waals surface area contributed by atoms with E-state index in [0.717, 1.165) is 12.0 Å². The molecular weight excluding hydrogens is 344 g/mol. The van der Waals surface area contributed by atoms with Gasteiger partial charge in [-0.1, -0.05) is 31.7 Å². The molecule has 0 heterocycles. The van der Waals surface area contributed by atoms with Gasteiger partial charge in [0.2, 0.25) is 0 Å². The minimum absolute atomic E-state index is 0.342. The zero-order valence-corrected chi connectivity index (χ0v) is 15.6. The van der Waals surface area contributed by atoms with Gasteiger partial charge in [0.15, 0.2) is 11.5 Å². The van der Waals surface area contributed by atoms with E-state index < -0.39 is 0 Å². The minimum atomic E-state index is -0.342. The van der Waals surface area contributed by atoms with Crippen LogP contribution in [0, 0.1) is 0 Å². The van der Waals surface area contributed by atoms with Gasteiger partial charge in [-0.15, -0.1) is 0 Å². The minimum Gasteiger partial charge on any atom is -0.493 e. The molecule has 0 aliphatic rings. The van der Waals surface area contributed by atoms with E-state index in [1.165, 1.54) is 7.11 Å². The summed E-state index contributed by atoms with van der Waals surface area (Å²) in [6, 6.07) is 12.4. The van der Waals surface area contributed by atoms with Crippen molar-refractivity contribution >= 4 is 12.1 Å². The first kappa shape index (κ1) is 20.0. The third-order valence-corrected chi connectivity index (χ3v) is 3.49. The van der Waals surface area contributed by atoms with Crippen molar-refractivity contribution in [1.82, 2.24) is 5.43 Å². The van der Waals surface area contributed by atoms with Crippen LogP contribution >= 0.6 is 0 Å². The van der Waals surface area contributed by atoms with Gasteiger partial charge in [-0.25, -0.2) is 5.43 Å². The molecule has 0 saturated heterocycles. The molecule has 0 aliphatic carbocycles. The van der Waals surface area contributed by atoms with Crippen LogP contribution in [0.15, 0.2) is 60.2 Å². The van der Waals surface area contributed by atoms with Crippen molar-refractivity contribution in [2.24, 2.45) is 5.10 Å². The highest BCUT2D eigenvalue weighted by molar-refractivity contribution is 5.95. The van der Waals surface area contributed by atoms with Crippen molar-refractivity contribution in [2.75, 3.05) is 20.3 Å². The van der Waals surface area contributed by atoms with Crippen molar-refractivity contribution in [3.63, 3.8) is 0 Å². The van der Waals surface area contributed by atoms with Crippen molar-refractivity contribution in [1.29, 1.82) is 0 Å². The van der Waals surface area contributed by atoms with Crippen LogP contribution in [0.2, 0.25) is 0 Å². The quantitative estimate of drug-likeness (QED) is 0.393. The first-order valence-electron chi connectivity index (χ1n) is 8.66. The summed E-state index contributed by atoms with van der Waals surface area (Å²) in [5.41, 5.74) is 3.73. The van der Waals surface area contributed by atoms with Crippen LogP contribution in [0.25, 0.3) is 0 Å². The van der Waals surface area contributed by atoms with Crippen LogP contribution in [-0.4, -0.2) is 32.4 Å². The first-order chi connectivity index (χ1) is 13.2. The van der Waals surface area contributed by atoms with Crippen LogP contribution < -0.4 is 19.6 Å². The Kier molecular flexibility index (Phi) is 7.91. The maximum absolute atomic E-state index is 12.3. The lowest BCUT2D eigenvalue weighted by atomic mass is 10.2. The molecule has 0 bridgehead atoms. The SMILES string of the molecule is C=CCOc1cccc(/C=N/NC(=O)c2ccc(OCCC)c(OC)c2)c1. The summed E-state index contributed by atoms with van der Waals surface area (Å²) in [6.07, 6.45) is 4.11. The second-order valence-electron chi connectivity index (χ2n) is 5.59. The van der Waals surface area contributed by atoms with Gasteiger partial charge in [0.25, 0.3) is 5.91 Å². The number of hydrazone groups is 1. The Bertz CT molecular complexity index is 803. The molecule has 1 amide bonds. The zero-order valence-electron chi connectivity index (χ0n) is 15.6. The molecule has 142 valence electrons. The summed E-state index contributed by atoms with van der Waals surface area (Å²) in [7, 11) is 1.54. The number of nitrogens with one attached hydrogen (secondary N) is 1. The van der Waals surface area contributed by atoms with E-state index in [0.29, 0.717) is 36.0 Å². The normalized spacial score (nSPS) is 10.4. The monoisotopic (exact) mass is 368 g/mol. The molecule has 0 atom stereocenters. The smallest absolute Gasteiger partial charge is 0.271 e. The highest BCUT2D eigenvalue weighted by Gasteiger charge is 2.10. The van der Waals surface area contributed by atoms with Gasteiger partial charge >= 0.3 is 0 Å². The van der Waals surface area contributed by atoms with Gasteiger partial charge in [0.1, 0.15) is 12.4 Å². The Labute approximate surface area is 159 Å². The third kappa shape index (κ3) is 6.18. The predicted molar refractivity (Wildman–Crippen MR) is 106 cm³/mol. The molecule has 0 unspecified atom stereocenters. The molecule has 6 heteroatoms. The topological polar surface area (TPSA) is 69.2 Å². The van der Waals surface area contributed by atoms with Gasteiger partial charge < -0.3 is 14.2 Å². The number of amides is 1. The van der Waals surface area contributed by atoms with Gasteiger partial charge in [0.05, 0.1) is 19.9 Å². The molecule has 0 aliphatic heterocycles. The fraction of sp³-hybridized carbons (Fsp3) is 0.238. The van der Waals surface area contributed by atoms with Crippen molar-refractivity contribution in [3.05, 3.63) is 66.2 Å². The van der Waals surface area contributed by atoms with Gasteiger partial charge in [-0.05, 0) is 42.3 Å². The summed E-state index contributed by atoms with van der Waals surface area (Å²) in [6.45, 7) is 6.65. The van der Waals surface area contributed by atoms with Gasteiger partial charge in [-0.3, -0.25) is 4.79 Å². The number of carbonyl (C=O) groups excluding carboxylic acids is 1. The standard InChI is InChI=1S/C21H24N2O4/c1-4-11-26-18-8-6-7-16(13-18)15-22-23-21(24)17-9-10-19(27-12-5-2)20(14-17)25-3/h4,6-10,13-15H,1,5,11-12H2,2-3H3,(H,23,24)/b22-15+. The van der Waals surface area contributed by atoms with Crippen LogP contribution in [-0.2, 0) is 0 Å². The molecule has 0 spiro atoms. The summed E-state index contributed by atoms with van der Waals surface area (Å²) in [4.78, 5) is 12.3. The van der Waals surface area contributed by atoms with E-state index in [-0.39, 0.29) is 5.91 Å². The molecule has 6 nitrogen and oxygen atoms in total. The number of hydrogen-bond acceptors (Lipinski definition) is 5. The van der Waals surface area contributed by atoms with Gasteiger partial charge in [-0.2, -0.15) is 5.10 Å². The van der Waals surface area contributed by atoms with Crippen molar-refractivity contribution in [2.45, 2.75) is 13.3 Å². The van der Waals surface area contributed by atoms with E-state index in [4.69, 9.17) is 14.2 Å². The van der Waals surface area contributed by atoms with Crippen molar-refractivity contribution < 1.29 is 19.0 Å². The average molecular weight is 368 g/mol. The maximum atomic E-state index is 12.3. The van der Waals surface area contributed by atoms with Crippen LogP contribution in [0.3, 0.4) is 0 Å². The molecule has 0 aromatic heterocycles. The molecule has 2 rings (SSSR count). The Hall–Kier alpha value is -3.28. The molecule has 0 fully saturated rings. The van der Waals surface area contributed by atoms with E-state index in [2.05, 4.69) is 17.1 Å². The second-order valence-corrected chi connectivity index (χ2v) is 5.59. The van der Waals surface area contributed by atoms with E-state index in [9.17, 15) is 4.79 Å². The largest absolute Gasteiger partial charge is 0.493 e. The Morgan fingerprint density at radius 3 is 2.78 bits per heavy atom. The number of ether oxygens (including phenoxy) is 3. The lowest BCUT2D eigenvalue weighted by molar-refractivity contribution is 0.0954. The lowest BCUT2D eigenvalue weighted by Gasteiger charge is -2.11. The molecule has 27 heavy (non-hydrogen) atoms. The zero-order chi connectivity index (χ0) is 19.5. The Morgan fingerprint density at radius 2 is 2.04 bits per heavy atom.